The molecule has 0 aliphatic heterocycles. The summed E-state index contributed by atoms with van der Waals surface area (Å²) in [6, 6.07) is 20.8. The Hall–Kier alpha value is -3.78. The second kappa shape index (κ2) is 8.07. The van der Waals surface area contributed by atoms with Gasteiger partial charge in [0, 0.05) is 10.9 Å². The maximum absolute atomic E-state index is 13.0. The predicted octanol–water partition coefficient (Wildman–Crippen LogP) is 3.28. The first-order valence-electron chi connectivity index (χ1n) is 8.85. The van der Waals surface area contributed by atoms with E-state index in [4.69, 9.17) is 5.73 Å². The van der Waals surface area contributed by atoms with Gasteiger partial charge in [-0.3, -0.25) is 14.9 Å². The van der Waals surface area contributed by atoms with Crippen molar-refractivity contribution in [2.75, 3.05) is 5.32 Å². The molecule has 8 heteroatoms. The van der Waals surface area contributed by atoms with Gasteiger partial charge in [-0.2, -0.15) is 5.10 Å². The third-order valence-electron chi connectivity index (χ3n) is 4.14. The van der Waals surface area contributed by atoms with Crippen molar-refractivity contribution in [3.8, 4) is 16.9 Å². The van der Waals surface area contributed by atoms with Crippen molar-refractivity contribution in [1.82, 2.24) is 14.8 Å². The average Bonchev–Trinajstić information content (AvgIpc) is 3.36. The summed E-state index contributed by atoms with van der Waals surface area (Å²) >= 11 is 1.24. The van der Waals surface area contributed by atoms with Crippen molar-refractivity contribution in [2.45, 2.75) is 6.42 Å². The molecule has 0 bridgehead atoms. The maximum Gasteiger partial charge on any atom is 0.276 e. The number of nitrogens with one attached hydrogen (secondary N) is 1. The summed E-state index contributed by atoms with van der Waals surface area (Å²) in [5.74, 6) is -0.814. The monoisotopic (exact) mass is 403 g/mol. The first-order chi connectivity index (χ1) is 14.1. The molecule has 2 aromatic heterocycles. The highest BCUT2D eigenvalue weighted by Gasteiger charge is 2.19. The van der Waals surface area contributed by atoms with Crippen molar-refractivity contribution in [3.63, 3.8) is 0 Å². The molecule has 0 fully saturated rings. The molecule has 0 atom stereocenters. The van der Waals surface area contributed by atoms with Crippen molar-refractivity contribution < 1.29 is 9.59 Å². The fourth-order valence-corrected chi connectivity index (χ4v) is 3.55. The van der Waals surface area contributed by atoms with Crippen LogP contribution in [0.15, 0.2) is 72.1 Å². The number of nitrogens with zero attached hydrogens (tertiary/aromatic N) is 3. The van der Waals surface area contributed by atoms with Gasteiger partial charge in [0.25, 0.3) is 5.91 Å². The van der Waals surface area contributed by atoms with E-state index in [1.54, 1.807) is 16.1 Å². The number of anilines is 1. The first kappa shape index (κ1) is 18.6. The molecular weight excluding hydrogens is 386 g/mol. The smallest absolute Gasteiger partial charge is 0.276 e. The lowest BCUT2D eigenvalue weighted by Crippen LogP contribution is -2.17. The van der Waals surface area contributed by atoms with E-state index < -0.39 is 5.91 Å². The molecule has 0 saturated carbocycles. The van der Waals surface area contributed by atoms with E-state index >= 15 is 0 Å². The van der Waals surface area contributed by atoms with Gasteiger partial charge in [-0.1, -0.05) is 48.5 Å². The molecule has 0 radical (unpaired) electrons. The van der Waals surface area contributed by atoms with Crippen LogP contribution in [0.25, 0.3) is 16.9 Å². The Morgan fingerprint density at radius 3 is 2.41 bits per heavy atom. The van der Waals surface area contributed by atoms with E-state index in [0.29, 0.717) is 22.2 Å². The minimum atomic E-state index is -0.470. The van der Waals surface area contributed by atoms with Crippen LogP contribution in [0.4, 0.5) is 5.13 Å². The van der Waals surface area contributed by atoms with Crippen molar-refractivity contribution >= 4 is 28.3 Å². The molecule has 4 aromatic rings. The zero-order chi connectivity index (χ0) is 20.2. The maximum atomic E-state index is 13.0. The third kappa shape index (κ3) is 4.22. The van der Waals surface area contributed by atoms with Crippen LogP contribution in [-0.2, 0) is 11.2 Å². The molecule has 4 rings (SSSR count). The van der Waals surface area contributed by atoms with Gasteiger partial charge in [0.05, 0.1) is 23.5 Å². The number of hydrogen-bond acceptors (Lipinski definition) is 5. The summed E-state index contributed by atoms with van der Waals surface area (Å²) < 4.78 is 1.61. The molecule has 7 nitrogen and oxygen atoms in total. The normalized spacial score (nSPS) is 10.6. The van der Waals surface area contributed by atoms with E-state index in [9.17, 15) is 9.59 Å². The Balaban J connectivity index is 1.68. The Labute approximate surface area is 170 Å². The summed E-state index contributed by atoms with van der Waals surface area (Å²) in [4.78, 5) is 28.3. The summed E-state index contributed by atoms with van der Waals surface area (Å²) in [6.07, 6.45) is 0.0342. The topological polar surface area (TPSA) is 103 Å². The number of rotatable bonds is 6. The van der Waals surface area contributed by atoms with Crippen LogP contribution in [0.2, 0.25) is 0 Å². The zero-order valence-electron chi connectivity index (χ0n) is 15.3. The molecule has 2 heterocycles. The van der Waals surface area contributed by atoms with E-state index in [1.807, 2.05) is 60.7 Å². The number of thiazole rings is 1. The molecule has 3 N–H and O–H groups in total. The molecule has 0 unspecified atom stereocenters. The predicted molar refractivity (Wildman–Crippen MR) is 112 cm³/mol. The fourth-order valence-electron chi connectivity index (χ4n) is 2.84. The Bertz CT molecular complexity index is 1150. The van der Waals surface area contributed by atoms with Crippen LogP contribution in [0.1, 0.15) is 16.2 Å². The van der Waals surface area contributed by atoms with E-state index in [1.165, 1.54) is 11.3 Å². The van der Waals surface area contributed by atoms with Gasteiger partial charge in [-0.25, -0.2) is 9.67 Å². The minimum absolute atomic E-state index is 0.0342. The van der Waals surface area contributed by atoms with Gasteiger partial charge in [0.2, 0.25) is 5.91 Å². The largest absolute Gasteiger partial charge is 0.369 e. The quantitative estimate of drug-likeness (QED) is 0.516. The third-order valence-corrected chi connectivity index (χ3v) is 4.95. The molecule has 0 aliphatic carbocycles. The van der Waals surface area contributed by atoms with Gasteiger partial charge < -0.3 is 5.73 Å². The standard InChI is InChI=1S/C21H17N5O2S/c22-19(27)11-15-13-29-21(23-15)24-20(28)18-12-17(14-7-3-1-4-8-14)25-26(18)16-9-5-2-6-10-16/h1-10,12-13H,11H2,(H2,22,27)(H,23,24,28). The van der Waals surface area contributed by atoms with Crippen molar-refractivity contribution in [1.29, 1.82) is 0 Å². The summed E-state index contributed by atoms with van der Waals surface area (Å²) in [7, 11) is 0. The Morgan fingerprint density at radius 1 is 1.03 bits per heavy atom. The number of aromatic nitrogens is 3. The number of hydrogen-bond donors (Lipinski definition) is 2. The van der Waals surface area contributed by atoms with Crippen LogP contribution in [0.5, 0.6) is 0 Å². The number of para-hydroxylation sites is 1. The lowest BCUT2D eigenvalue weighted by atomic mass is 10.1. The van der Waals surface area contributed by atoms with E-state index in [0.717, 1.165) is 11.3 Å². The van der Waals surface area contributed by atoms with Gasteiger partial charge >= 0.3 is 0 Å². The molecule has 144 valence electrons. The Kier molecular flexibility index (Phi) is 5.17. The van der Waals surface area contributed by atoms with Crippen LogP contribution in [0.3, 0.4) is 0 Å². The highest BCUT2D eigenvalue weighted by Crippen LogP contribution is 2.23. The number of primary amides is 1. The summed E-state index contributed by atoms with van der Waals surface area (Å²) in [6.45, 7) is 0. The lowest BCUT2D eigenvalue weighted by molar-refractivity contribution is -0.117. The number of carbonyl (C=O) groups is 2. The molecule has 2 aromatic carbocycles. The van der Waals surface area contributed by atoms with Crippen LogP contribution < -0.4 is 11.1 Å². The zero-order valence-corrected chi connectivity index (χ0v) is 16.1. The van der Waals surface area contributed by atoms with Crippen LogP contribution >= 0.6 is 11.3 Å². The summed E-state index contributed by atoms with van der Waals surface area (Å²) in [5, 5.41) is 9.51. The van der Waals surface area contributed by atoms with Gasteiger partial charge in [-0.05, 0) is 18.2 Å². The van der Waals surface area contributed by atoms with Crippen LogP contribution in [-0.4, -0.2) is 26.6 Å². The summed E-state index contributed by atoms with van der Waals surface area (Å²) in [5.41, 5.74) is 8.47. The van der Waals surface area contributed by atoms with E-state index in [2.05, 4.69) is 15.4 Å². The highest BCUT2D eigenvalue weighted by molar-refractivity contribution is 7.14. The number of carbonyl (C=O) groups excluding carboxylic acids is 2. The van der Waals surface area contributed by atoms with E-state index in [-0.39, 0.29) is 12.3 Å². The molecular formula is C21H17N5O2S. The van der Waals surface area contributed by atoms with Crippen LogP contribution in [0, 0.1) is 0 Å². The lowest BCUT2D eigenvalue weighted by Gasteiger charge is -2.06. The second-order valence-electron chi connectivity index (χ2n) is 6.27. The van der Waals surface area contributed by atoms with Crippen molar-refractivity contribution in [2.24, 2.45) is 5.73 Å². The molecule has 0 aliphatic rings. The van der Waals surface area contributed by atoms with Crippen molar-refractivity contribution in [3.05, 3.63) is 83.5 Å². The number of nitrogens with two attached hydrogens (primary N) is 1. The Morgan fingerprint density at radius 2 is 1.72 bits per heavy atom. The fraction of sp³-hybridized carbons (Fsp3) is 0.0476. The van der Waals surface area contributed by atoms with Gasteiger partial charge in [-0.15, -0.1) is 11.3 Å². The number of benzene rings is 2. The SMILES string of the molecule is NC(=O)Cc1csc(NC(=O)c2cc(-c3ccccc3)nn2-c2ccccc2)n1. The molecule has 2 amide bonds. The second-order valence-corrected chi connectivity index (χ2v) is 7.13. The van der Waals surface area contributed by atoms with Gasteiger partial charge in [0.1, 0.15) is 5.69 Å². The number of amides is 2. The first-order valence-corrected chi connectivity index (χ1v) is 9.73. The van der Waals surface area contributed by atoms with Gasteiger partial charge in [0.15, 0.2) is 5.13 Å². The highest BCUT2D eigenvalue weighted by atomic mass is 32.1. The average molecular weight is 403 g/mol. The molecule has 0 spiro atoms. The minimum Gasteiger partial charge on any atom is -0.369 e. The molecule has 0 saturated heterocycles. The molecule has 29 heavy (non-hydrogen) atoms.